The molecule has 3 rings (SSSR count). The monoisotopic (exact) mass is 431 g/mol. The fraction of sp³-hybridized carbons (Fsp3) is 0.542. The van der Waals surface area contributed by atoms with E-state index < -0.39 is 6.04 Å². The van der Waals surface area contributed by atoms with Crippen LogP contribution >= 0.6 is 0 Å². The van der Waals surface area contributed by atoms with Gasteiger partial charge < -0.3 is 14.7 Å². The van der Waals surface area contributed by atoms with Gasteiger partial charge in [-0.2, -0.15) is 0 Å². The summed E-state index contributed by atoms with van der Waals surface area (Å²) < 4.78 is 18.3. The molecule has 1 N–H and O–H groups in total. The number of carbonyl (C=O) groups excluding carboxylic acids is 2. The number of amides is 2. The molecule has 1 aliphatic rings. The van der Waals surface area contributed by atoms with Gasteiger partial charge in [0.1, 0.15) is 11.9 Å². The highest BCUT2D eigenvalue weighted by Crippen LogP contribution is 2.22. The van der Waals surface area contributed by atoms with Crippen molar-refractivity contribution < 1.29 is 18.5 Å². The lowest BCUT2D eigenvalue weighted by molar-refractivity contribution is -0.144. The van der Waals surface area contributed by atoms with E-state index in [2.05, 4.69) is 31.2 Å². The Morgan fingerprint density at radius 2 is 1.84 bits per heavy atom. The number of halogens is 1. The molecule has 0 bridgehead atoms. The molecule has 1 aromatic heterocycles. The average molecular weight is 432 g/mol. The zero-order valence-electron chi connectivity index (χ0n) is 19.3. The average Bonchev–Trinajstić information content (AvgIpc) is 3.12. The van der Waals surface area contributed by atoms with Crippen LogP contribution in [0.1, 0.15) is 53.7 Å². The van der Waals surface area contributed by atoms with E-state index in [1.807, 2.05) is 20.8 Å². The molecule has 0 saturated carbocycles. The fourth-order valence-electron chi connectivity index (χ4n) is 3.31. The van der Waals surface area contributed by atoms with Gasteiger partial charge in [-0.25, -0.2) is 4.39 Å². The number of hydrogen-bond donors (Lipinski definition) is 1. The van der Waals surface area contributed by atoms with Crippen LogP contribution in [0, 0.1) is 17.7 Å². The van der Waals surface area contributed by atoms with Crippen LogP contribution < -0.4 is 5.32 Å². The summed E-state index contributed by atoms with van der Waals surface area (Å²) in [7, 11) is 0. The standard InChI is InChI=1S/C20H24FN3O3.C4H10/c1-12(2)8-17-20(26)22-13(3)11-24(17)19(25)10-16-9-18(27-23-16)14-4-6-15(21)7-5-14;1-4(2)3/h4-7,9,12-13,17H,8,10-11H2,1-3H3,(H,22,26);4H,1-3H3. The highest BCUT2D eigenvalue weighted by atomic mass is 19.1. The maximum Gasteiger partial charge on any atom is 0.243 e. The van der Waals surface area contributed by atoms with Crippen LogP contribution in [0.15, 0.2) is 34.9 Å². The summed E-state index contributed by atoms with van der Waals surface area (Å²) in [6, 6.07) is 7.00. The van der Waals surface area contributed by atoms with Gasteiger partial charge >= 0.3 is 0 Å². The van der Waals surface area contributed by atoms with E-state index >= 15 is 0 Å². The quantitative estimate of drug-likeness (QED) is 0.759. The number of benzene rings is 1. The number of hydrogen-bond acceptors (Lipinski definition) is 4. The second kappa shape index (κ2) is 11.1. The van der Waals surface area contributed by atoms with Gasteiger partial charge in [0.15, 0.2) is 5.76 Å². The van der Waals surface area contributed by atoms with Crippen molar-refractivity contribution in [2.45, 2.75) is 66.5 Å². The third-order valence-electron chi connectivity index (χ3n) is 4.57. The maximum absolute atomic E-state index is 13.0. The lowest BCUT2D eigenvalue weighted by atomic mass is 9.98. The number of nitrogens with one attached hydrogen (secondary N) is 1. The molecule has 2 heterocycles. The van der Waals surface area contributed by atoms with Crippen molar-refractivity contribution >= 4 is 11.8 Å². The van der Waals surface area contributed by atoms with Gasteiger partial charge in [-0.1, -0.05) is 39.8 Å². The van der Waals surface area contributed by atoms with Crippen LogP contribution in [-0.4, -0.2) is 40.5 Å². The first kappa shape index (κ1) is 24.6. The first-order chi connectivity index (χ1) is 14.6. The normalized spacial score (nSPS) is 18.6. The van der Waals surface area contributed by atoms with E-state index in [9.17, 15) is 14.0 Å². The van der Waals surface area contributed by atoms with Crippen LogP contribution in [-0.2, 0) is 16.0 Å². The largest absolute Gasteiger partial charge is 0.356 e. The minimum atomic E-state index is -0.461. The molecule has 2 atom stereocenters. The van der Waals surface area contributed by atoms with E-state index in [4.69, 9.17) is 4.52 Å². The van der Waals surface area contributed by atoms with E-state index in [0.717, 1.165) is 5.92 Å². The molecule has 7 heteroatoms. The Bertz CT molecular complexity index is 858. The molecular weight excluding hydrogens is 397 g/mol. The molecule has 2 aromatic rings. The first-order valence-corrected chi connectivity index (χ1v) is 10.9. The fourth-order valence-corrected chi connectivity index (χ4v) is 3.31. The molecule has 0 radical (unpaired) electrons. The Hall–Kier alpha value is -2.70. The molecule has 31 heavy (non-hydrogen) atoms. The van der Waals surface area contributed by atoms with E-state index in [0.29, 0.717) is 35.9 Å². The van der Waals surface area contributed by atoms with Crippen molar-refractivity contribution in [1.29, 1.82) is 0 Å². The smallest absolute Gasteiger partial charge is 0.243 e. The van der Waals surface area contributed by atoms with Gasteiger partial charge in [0.05, 0.1) is 12.1 Å². The Morgan fingerprint density at radius 1 is 1.23 bits per heavy atom. The summed E-state index contributed by atoms with van der Waals surface area (Å²) in [5, 5.41) is 6.87. The molecular formula is C24H34FN3O3. The van der Waals surface area contributed by atoms with Crippen molar-refractivity contribution in [2.24, 2.45) is 11.8 Å². The summed E-state index contributed by atoms with van der Waals surface area (Å²) in [5.41, 5.74) is 1.17. The highest BCUT2D eigenvalue weighted by molar-refractivity contribution is 5.89. The Morgan fingerprint density at radius 3 is 2.42 bits per heavy atom. The van der Waals surface area contributed by atoms with Gasteiger partial charge in [-0.05, 0) is 49.4 Å². The molecule has 0 aliphatic carbocycles. The topological polar surface area (TPSA) is 75.4 Å². The summed E-state index contributed by atoms with van der Waals surface area (Å²) >= 11 is 0. The first-order valence-electron chi connectivity index (χ1n) is 10.9. The summed E-state index contributed by atoms with van der Waals surface area (Å²) in [6.07, 6.45) is 0.670. The van der Waals surface area contributed by atoms with E-state index in [-0.39, 0.29) is 30.1 Å². The molecule has 1 saturated heterocycles. The van der Waals surface area contributed by atoms with Gasteiger partial charge in [-0.15, -0.1) is 0 Å². The lowest BCUT2D eigenvalue weighted by Gasteiger charge is -2.39. The summed E-state index contributed by atoms with van der Waals surface area (Å²) in [4.78, 5) is 26.9. The zero-order chi connectivity index (χ0) is 23.1. The number of carbonyl (C=O) groups is 2. The highest BCUT2D eigenvalue weighted by Gasteiger charge is 2.36. The van der Waals surface area contributed by atoms with Crippen molar-refractivity contribution in [3.63, 3.8) is 0 Å². The Kier molecular flexibility index (Phi) is 8.77. The molecule has 6 nitrogen and oxygen atoms in total. The van der Waals surface area contributed by atoms with Crippen molar-refractivity contribution in [3.8, 4) is 11.3 Å². The number of aromatic nitrogens is 1. The predicted molar refractivity (Wildman–Crippen MR) is 119 cm³/mol. The minimum Gasteiger partial charge on any atom is -0.356 e. The molecule has 2 amide bonds. The Labute approximate surface area is 184 Å². The van der Waals surface area contributed by atoms with Crippen LogP contribution in [0.5, 0.6) is 0 Å². The molecule has 1 fully saturated rings. The molecule has 170 valence electrons. The summed E-state index contributed by atoms with van der Waals surface area (Å²) in [5.74, 6) is 1.01. The molecule has 0 spiro atoms. The predicted octanol–water partition coefficient (Wildman–Crippen LogP) is 4.45. The molecule has 1 aromatic carbocycles. The second-order valence-electron chi connectivity index (χ2n) is 9.20. The van der Waals surface area contributed by atoms with Crippen molar-refractivity contribution in [1.82, 2.24) is 15.4 Å². The van der Waals surface area contributed by atoms with Crippen LogP contribution in [0.25, 0.3) is 11.3 Å². The third-order valence-corrected chi connectivity index (χ3v) is 4.57. The molecule has 1 aliphatic heterocycles. The number of rotatable bonds is 5. The third kappa shape index (κ3) is 7.49. The second-order valence-corrected chi connectivity index (χ2v) is 9.20. The van der Waals surface area contributed by atoms with Gasteiger partial charge in [0.2, 0.25) is 11.8 Å². The van der Waals surface area contributed by atoms with Crippen molar-refractivity contribution in [3.05, 3.63) is 41.8 Å². The SMILES string of the molecule is CC(C)C.CC(C)CC1C(=O)NC(C)CN1C(=O)Cc1cc(-c2ccc(F)cc2)on1. The summed E-state index contributed by atoms with van der Waals surface area (Å²) in [6.45, 7) is 12.9. The van der Waals surface area contributed by atoms with Gasteiger partial charge in [-0.3, -0.25) is 9.59 Å². The zero-order valence-corrected chi connectivity index (χ0v) is 19.3. The lowest BCUT2D eigenvalue weighted by Crippen LogP contribution is -2.61. The van der Waals surface area contributed by atoms with Crippen molar-refractivity contribution in [2.75, 3.05) is 6.54 Å². The van der Waals surface area contributed by atoms with Gasteiger partial charge in [0, 0.05) is 24.2 Å². The Balaban J connectivity index is 0.000000785. The van der Waals surface area contributed by atoms with E-state index in [1.54, 1.807) is 23.1 Å². The minimum absolute atomic E-state index is 0.0549. The number of nitrogens with zero attached hydrogens (tertiary/aromatic N) is 2. The van der Waals surface area contributed by atoms with Crippen LogP contribution in [0.3, 0.4) is 0 Å². The van der Waals surface area contributed by atoms with Crippen LogP contribution in [0.4, 0.5) is 4.39 Å². The van der Waals surface area contributed by atoms with Gasteiger partial charge in [0.25, 0.3) is 0 Å². The molecule has 2 unspecified atom stereocenters. The van der Waals surface area contributed by atoms with Crippen LogP contribution in [0.2, 0.25) is 0 Å². The number of piperazine rings is 1. The van der Waals surface area contributed by atoms with E-state index in [1.165, 1.54) is 12.1 Å². The maximum atomic E-state index is 13.0.